The molecule has 2 N–H and O–H groups in total. The monoisotopic (exact) mass is 366 g/mol. The molecule has 136 valence electrons. The summed E-state index contributed by atoms with van der Waals surface area (Å²) in [7, 11) is -4.68. The fraction of sp³-hybridized carbons (Fsp3) is 0.667. The molecule has 24 heavy (non-hydrogen) atoms. The van der Waals surface area contributed by atoms with Crippen molar-refractivity contribution < 1.29 is 41.7 Å². The second-order valence-corrected chi connectivity index (χ2v) is 7.44. The number of rotatable bonds is 5. The minimum absolute atomic E-state index is 0.158. The van der Waals surface area contributed by atoms with Crippen molar-refractivity contribution in [2.24, 2.45) is 0 Å². The van der Waals surface area contributed by atoms with E-state index in [1.54, 1.807) is 0 Å². The molecule has 0 aromatic heterocycles. The highest BCUT2D eigenvalue weighted by Gasteiger charge is 2.37. The fourth-order valence-electron chi connectivity index (χ4n) is 1.64. The lowest BCUT2D eigenvalue weighted by Crippen LogP contribution is -2.49. The normalized spacial score (nSPS) is 16.8. The van der Waals surface area contributed by atoms with Crippen LogP contribution in [0.4, 0.5) is 4.79 Å². The summed E-state index contributed by atoms with van der Waals surface area (Å²) in [5, 5.41) is 2.10. The smallest absolute Gasteiger partial charge is 0.408 e. The Labute approximate surface area is 138 Å². The molecule has 1 unspecified atom stereocenters. The van der Waals surface area contributed by atoms with Crippen LogP contribution in [0.3, 0.4) is 0 Å². The molecule has 12 heteroatoms. The number of hydroxylamine groups is 2. The van der Waals surface area contributed by atoms with Crippen LogP contribution in [0.1, 0.15) is 33.6 Å². The number of hydrogen-bond donors (Lipinski definition) is 2. The Morgan fingerprint density at radius 2 is 1.75 bits per heavy atom. The zero-order valence-corrected chi connectivity index (χ0v) is 14.1. The molecule has 1 saturated heterocycles. The molecule has 11 nitrogen and oxygen atoms in total. The molecular formula is C12H18N2O9S. The van der Waals surface area contributed by atoms with E-state index in [4.69, 9.17) is 9.29 Å². The molecule has 1 fully saturated rings. The Kier molecular flexibility index (Phi) is 5.89. The molecule has 1 heterocycles. The number of alkyl carbamates (subject to hydrolysis) is 1. The van der Waals surface area contributed by atoms with Crippen molar-refractivity contribution in [3.63, 3.8) is 0 Å². The average molecular weight is 366 g/mol. The maximum atomic E-state index is 12.0. The number of carbonyl (C=O) groups is 4. The van der Waals surface area contributed by atoms with Gasteiger partial charge in [-0.3, -0.25) is 14.1 Å². The summed E-state index contributed by atoms with van der Waals surface area (Å²) in [6.07, 6.45) is -1.46. The van der Waals surface area contributed by atoms with E-state index in [-0.39, 0.29) is 17.9 Å². The first kappa shape index (κ1) is 19.8. The first-order valence-corrected chi connectivity index (χ1v) is 8.42. The molecular weight excluding hydrogens is 348 g/mol. The van der Waals surface area contributed by atoms with E-state index in [9.17, 15) is 27.6 Å². The quantitative estimate of drug-likeness (QED) is 0.478. The van der Waals surface area contributed by atoms with Crippen molar-refractivity contribution in [2.75, 3.05) is 5.75 Å². The third-order valence-corrected chi connectivity index (χ3v) is 3.29. The maximum absolute atomic E-state index is 12.0. The van der Waals surface area contributed by atoms with Crippen molar-refractivity contribution in [3.05, 3.63) is 0 Å². The van der Waals surface area contributed by atoms with Gasteiger partial charge in [-0.15, -0.1) is 5.06 Å². The maximum Gasteiger partial charge on any atom is 0.408 e. The van der Waals surface area contributed by atoms with Gasteiger partial charge in [0.2, 0.25) is 0 Å². The predicted molar refractivity (Wildman–Crippen MR) is 76.8 cm³/mol. The Morgan fingerprint density at radius 1 is 1.25 bits per heavy atom. The van der Waals surface area contributed by atoms with Crippen LogP contribution in [0.5, 0.6) is 0 Å². The summed E-state index contributed by atoms with van der Waals surface area (Å²) in [6.45, 7) is 4.60. The molecule has 1 atom stereocenters. The second-order valence-electron chi connectivity index (χ2n) is 5.94. The molecule has 0 aromatic carbocycles. The number of ether oxygens (including phenoxy) is 1. The van der Waals surface area contributed by atoms with Crippen LogP contribution in [0, 0.1) is 0 Å². The minimum atomic E-state index is -4.68. The van der Waals surface area contributed by atoms with Crippen molar-refractivity contribution in [2.45, 2.75) is 45.3 Å². The van der Waals surface area contributed by atoms with Gasteiger partial charge in [0.25, 0.3) is 21.9 Å². The van der Waals surface area contributed by atoms with Crippen LogP contribution in [-0.2, 0) is 34.1 Å². The SMILES string of the molecule is CC(C)(C)OC(=O)NC(CS(=O)(=O)O)C(=O)ON1C(=O)CCC1=O. The van der Waals surface area contributed by atoms with Crippen molar-refractivity contribution in [1.82, 2.24) is 10.4 Å². The summed E-state index contributed by atoms with van der Waals surface area (Å²) in [6, 6.07) is -1.88. The minimum Gasteiger partial charge on any atom is -0.444 e. The van der Waals surface area contributed by atoms with Crippen LogP contribution in [-0.4, -0.2) is 59.3 Å². The van der Waals surface area contributed by atoms with Crippen molar-refractivity contribution in [1.29, 1.82) is 0 Å². The fourth-order valence-corrected chi connectivity index (χ4v) is 2.28. The summed E-state index contributed by atoms with van der Waals surface area (Å²) in [5.74, 6) is -4.20. The molecule has 0 aliphatic carbocycles. The van der Waals surface area contributed by atoms with Crippen molar-refractivity contribution >= 4 is 34.0 Å². The number of nitrogens with zero attached hydrogens (tertiary/aromatic N) is 1. The molecule has 1 rings (SSSR count). The van der Waals surface area contributed by atoms with E-state index in [2.05, 4.69) is 4.84 Å². The second kappa shape index (κ2) is 7.13. The number of hydrogen-bond acceptors (Lipinski definition) is 8. The van der Waals surface area contributed by atoms with Crippen molar-refractivity contribution in [3.8, 4) is 0 Å². The first-order chi connectivity index (χ1) is 10.8. The Balaban J connectivity index is 2.84. The van der Waals surface area contributed by atoms with Gasteiger partial charge >= 0.3 is 12.1 Å². The third kappa shape index (κ3) is 6.50. The predicted octanol–water partition coefficient (Wildman–Crippen LogP) is -0.625. The summed E-state index contributed by atoms with van der Waals surface area (Å²) >= 11 is 0. The lowest BCUT2D eigenvalue weighted by atomic mass is 10.2. The Morgan fingerprint density at radius 3 is 2.17 bits per heavy atom. The van der Waals surface area contributed by atoms with E-state index in [1.807, 2.05) is 5.32 Å². The molecule has 1 aliphatic rings. The highest BCUT2D eigenvalue weighted by Crippen LogP contribution is 2.13. The molecule has 0 radical (unpaired) electrons. The van der Waals surface area contributed by atoms with Crippen LogP contribution >= 0.6 is 0 Å². The third-order valence-electron chi connectivity index (χ3n) is 2.54. The molecule has 1 aliphatic heterocycles. The van der Waals surface area contributed by atoms with Crippen LogP contribution in [0.2, 0.25) is 0 Å². The van der Waals surface area contributed by atoms with Gasteiger partial charge < -0.3 is 14.9 Å². The van der Waals surface area contributed by atoms with Gasteiger partial charge in [0, 0.05) is 12.8 Å². The van der Waals surface area contributed by atoms with Crippen LogP contribution in [0.15, 0.2) is 0 Å². The standard InChI is InChI=1S/C12H18N2O9S/c1-12(2,3)22-11(18)13-7(6-24(19,20)21)10(17)23-14-8(15)4-5-9(14)16/h7H,4-6H2,1-3H3,(H,13,18)(H,19,20,21). The van der Waals surface area contributed by atoms with E-state index in [0.717, 1.165) is 0 Å². The topological polar surface area (TPSA) is 156 Å². The summed E-state index contributed by atoms with van der Waals surface area (Å²) in [5.41, 5.74) is -0.933. The zero-order valence-electron chi connectivity index (χ0n) is 13.3. The van der Waals surface area contributed by atoms with E-state index < -0.39 is 51.4 Å². The lowest BCUT2D eigenvalue weighted by Gasteiger charge is -2.23. The van der Waals surface area contributed by atoms with Gasteiger partial charge in [0.1, 0.15) is 17.4 Å². The Hall–Kier alpha value is -2.21. The molecule has 0 spiro atoms. The van der Waals surface area contributed by atoms with E-state index >= 15 is 0 Å². The average Bonchev–Trinajstić information content (AvgIpc) is 2.65. The van der Waals surface area contributed by atoms with Gasteiger partial charge in [-0.1, -0.05) is 0 Å². The zero-order chi connectivity index (χ0) is 18.7. The van der Waals surface area contributed by atoms with Gasteiger partial charge in [-0.25, -0.2) is 9.59 Å². The lowest BCUT2D eigenvalue weighted by molar-refractivity contribution is -0.198. The van der Waals surface area contributed by atoms with E-state index in [0.29, 0.717) is 0 Å². The number of nitrogens with one attached hydrogen (secondary N) is 1. The van der Waals surface area contributed by atoms with Gasteiger partial charge in [0.05, 0.1) is 0 Å². The molecule has 3 amide bonds. The highest BCUT2D eigenvalue weighted by atomic mass is 32.2. The van der Waals surface area contributed by atoms with E-state index in [1.165, 1.54) is 20.8 Å². The molecule has 0 saturated carbocycles. The number of amides is 3. The van der Waals surface area contributed by atoms with Crippen LogP contribution < -0.4 is 5.32 Å². The van der Waals surface area contributed by atoms with Gasteiger partial charge in [0.15, 0.2) is 0 Å². The number of imide groups is 1. The number of carbonyl (C=O) groups excluding carboxylic acids is 4. The molecule has 0 aromatic rings. The summed E-state index contributed by atoms with van der Waals surface area (Å²) < 4.78 is 35.7. The summed E-state index contributed by atoms with van der Waals surface area (Å²) in [4.78, 5) is 50.9. The highest BCUT2D eigenvalue weighted by molar-refractivity contribution is 7.85. The Bertz CT molecular complexity index is 634. The first-order valence-electron chi connectivity index (χ1n) is 6.81. The van der Waals surface area contributed by atoms with Gasteiger partial charge in [-0.2, -0.15) is 8.42 Å². The van der Waals surface area contributed by atoms with Gasteiger partial charge in [-0.05, 0) is 20.8 Å². The largest absolute Gasteiger partial charge is 0.444 e. The molecule has 0 bridgehead atoms. The van der Waals surface area contributed by atoms with Crippen LogP contribution in [0.25, 0.3) is 0 Å².